The molecule has 0 saturated carbocycles. The van der Waals surface area contributed by atoms with Crippen molar-refractivity contribution in [1.82, 2.24) is 15.7 Å². The van der Waals surface area contributed by atoms with Crippen molar-refractivity contribution in [2.75, 3.05) is 13.1 Å². The van der Waals surface area contributed by atoms with Gasteiger partial charge in [0.15, 0.2) is 5.78 Å². The molecule has 30 heavy (non-hydrogen) atoms. The van der Waals surface area contributed by atoms with E-state index in [0.717, 1.165) is 0 Å². The number of rotatable bonds is 12. The fraction of sp³-hybridized carbons (Fsp3) is 0.647. The van der Waals surface area contributed by atoms with Gasteiger partial charge in [-0.2, -0.15) is 0 Å². The normalized spacial score (nSPS) is 17.7. The monoisotopic (exact) mass is 429 g/mol. The zero-order valence-corrected chi connectivity index (χ0v) is 16.3. The summed E-state index contributed by atoms with van der Waals surface area (Å²) in [4.78, 5) is 72.4. The summed E-state index contributed by atoms with van der Waals surface area (Å²) in [5, 5.41) is 20.0. The second kappa shape index (κ2) is 11.8. The van der Waals surface area contributed by atoms with Crippen molar-refractivity contribution in [3.63, 3.8) is 0 Å². The number of Topliss-reactive ketones (excluding diaryl/α,β-unsaturated/α-hetero) is 1. The van der Waals surface area contributed by atoms with Crippen LogP contribution in [-0.4, -0.2) is 75.8 Å². The van der Waals surface area contributed by atoms with Crippen LogP contribution in [0.15, 0.2) is 0 Å². The summed E-state index contributed by atoms with van der Waals surface area (Å²) in [6, 6.07) is -2.00. The SMILES string of the molecule is NCC(=O)[C@@H]1CCCN1C(=O)[C@H](CCC(N)=O)NC(=O)[C@H](CC(=O)O)CC(=O)NO. The van der Waals surface area contributed by atoms with Crippen molar-refractivity contribution in [3.05, 3.63) is 0 Å². The third-order valence-electron chi connectivity index (χ3n) is 4.75. The number of carboxylic acids is 1. The Bertz CT molecular complexity index is 698. The Morgan fingerprint density at radius 3 is 2.33 bits per heavy atom. The lowest BCUT2D eigenvalue weighted by molar-refractivity contribution is -0.144. The summed E-state index contributed by atoms with van der Waals surface area (Å²) in [5.41, 5.74) is 11.8. The van der Waals surface area contributed by atoms with Crippen LogP contribution >= 0.6 is 0 Å². The van der Waals surface area contributed by atoms with Crippen LogP contribution in [0.5, 0.6) is 0 Å². The second-order valence-electron chi connectivity index (χ2n) is 6.96. The van der Waals surface area contributed by atoms with E-state index in [2.05, 4.69) is 5.32 Å². The first-order chi connectivity index (χ1) is 14.1. The fourth-order valence-corrected chi connectivity index (χ4v) is 3.27. The molecule has 1 aliphatic heterocycles. The van der Waals surface area contributed by atoms with Crippen LogP contribution in [0.1, 0.15) is 38.5 Å². The Morgan fingerprint density at radius 1 is 1.13 bits per heavy atom. The van der Waals surface area contributed by atoms with E-state index in [4.69, 9.17) is 21.8 Å². The van der Waals surface area contributed by atoms with Gasteiger partial charge in [0.05, 0.1) is 24.9 Å². The number of carbonyl (C=O) groups excluding carboxylic acids is 5. The number of nitrogens with two attached hydrogens (primary N) is 2. The van der Waals surface area contributed by atoms with Gasteiger partial charge in [-0.1, -0.05) is 0 Å². The Kier molecular flexibility index (Phi) is 9.84. The first-order valence-corrected chi connectivity index (χ1v) is 9.37. The maximum Gasteiger partial charge on any atom is 0.304 e. The third-order valence-corrected chi connectivity index (χ3v) is 4.75. The number of ketones is 1. The topological polar surface area (TPSA) is 222 Å². The number of hydrogen-bond acceptors (Lipinski definition) is 8. The van der Waals surface area contributed by atoms with Gasteiger partial charge in [0, 0.05) is 19.4 Å². The van der Waals surface area contributed by atoms with Gasteiger partial charge in [0.25, 0.3) is 0 Å². The molecule has 1 saturated heterocycles. The van der Waals surface area contributed by atoms with E-state index in [-0.39, 0.29) is 31.7 Å². The van der Waals surface area contributed by atoms with E-state index in [1.807, 2.05) is 0 Å². The van der Waals surface area contributed by atoms with Crippen LogP contribution in [0.2, 0.25) is 0 Å². The molecule has 13 nitrogen and oxygen atoms in total. The standard InChI is InChI=1S/C17H27N5O8/c18-8-12(23)11-2-1-5-22(11)17(29)10(3-4-13(19)24)20-16(28)9(7-15(26)27)6-14(25)21-30/h9-11,30H,1-8,18H2,(H2,19,24)(H,20,28)(H,21,25)(H,26,27)/t9-,10-,11-/m0/s1. The highest BCUT2D eigenvalue weighted by atomic mass is 16.5. The number of nitrogens with one attached hydrogen (secondary N) is 2. The van der Waals surface area contributed by atoms with Crippen molar-refractivity contribution < 1.29 is 39.1 Å². The summed E-state index contributed by atoms with van der Waals surface area (Å²) in [6.07, 6.45) is -0.822. The number of aliphatic carboxylic acids is 1. The van der Waals surface area contributed by atoms with Gasteiger partial charge in [-0.15, -0.1) is 0 Å². The highest BCUT2D eigenvalue weighted by Gasteiger charge is 2.38. The minimum atomic E-state index is -1.38. The van der Waals surface area contributed by atoms with E-state index in [9.17, 15) is 28.8 Å². The smallest absolute Gasteiger partial charge is 0.304 e. The van der Waals surface area contributed by atoms with E-state index >= 15 is 0 Å². The van der Waals surface area contributed by atoms with Crippen molar-refractivity contribution in [3.8, 4) is 0 Å². The van der Waals surface area contributed by atoms with Crippen molar-refractivity contribution in [1.29, 1.82) is 0 Å². The average molecular weight is 429 g/mol. The number of amides is 4. The fourth-order valence-electron chi connectivity index (χ4n) is 3.27. The van der Waals surface area contributed by atoms with Crippen molar-refractivity contribution in [2.24, 2.45) is 17.4 Å². The molecular weight excluding hydrogens is 402 g/mol. The lowest BCUT2D eigenvalue weighted by Crippen LogP contribution is -2.53. The van der Waals surface area contributed by atoms with Gasteiger partial charge < -0.3 is 26.8 Å². The molecule has 0 radical (unpaired) electrons. The Balaban J connectivity index is 3.02. The van der Waals surface area contributed by atoms with Crippen molar-refractivity contribution >= 4 is 35.4 Å². The van der Waals surface area contributed by atoms with Crippen LogP contribution in [0.4, 0.5) is 0 Å². The quantitative estimate of drug-likeness (QED) is 0.139. The van der Waals surface area contributed by atoms with Gasteiger partial charge >= 0.3 is 5.97 Å². The Labute approximate surface area is 172 Å². The minimum absolute atomic E-state index is 0.175. The number of primary amides is 1. The summed E-state index contributed by atoms with van der Waals surface area (Å²) in [7, 11) is 0. The largest absolute Gasteiger partial charge is 0.481 e. The lowest BCUT2D eigenvalue weighted by atomic mass is 9.98. The molecule has 0 spiro atoms. The van der Waals surface area contributed by atoms with Crippen LogP contribution in [0.3, 0.4) is 0 Å². The zero-order chi connectivity index (χ0) is 22.8. The highest BCUT2D eigenvalue weighted by Crippen LogP contribution is 2.20. The molecule has 0 aromatic rings. The zero-order valence-electron chi connectivity index (χ0n) is 16.3. The molecule has 0 aliphatic carbocycles. The molecule has 1 heterocycles. The maximum atomic E-state index is 13.0. The van der Waals surface area contributed by atoms with Gasteiger partial charge in [-0.05, 0) is 19.3 Å². The molecule has 1 rings (SSSR count). The predicted molar refractivity (Wildman–Crippen MR) is 99.4 cm³/mol. The van der Waals surface area contributed by atoms with Crippen LogP contribution < -0.4 is 22.3 Å². The number of likely N-dealkylation sites (tertiary alicyclic amines) is 1. The van der Waals surface area contributed by atoms with Gasteiger partial charge in [0.2, 0.25) is 23.6 Å². The van der Waals surface area contributed by atoms with E-state index < -0.39 is 60.4 Å². The summed E-state index contributed by atoms with van der Waals surface area (Å²) in [5.74, 6) is -6.35. The molecule has 3 atom stereocenters. The molecule has 0 unspecified atom stereocenters. The summed E-state index contributed by atoms with van der Waals surface area (Å²) < 4.78 is 0. The molecule has 0 aromatic carbocycles. The molecule has 8 N–H and O–H groups in total. The summed E-state index contributed by atoms with van der Waals surface area (Å²) >= 11 is 0. The van der Waals surface area contributed by atoms with Gasteiger partial charge in [-0.25, -0.2) is 5.48 Å². The Morgan fingerprint density at radius 2 is 1.80 bits per heavy atom. The molecule has 1 aliphatic rings. The first-order valence-electron chi connectivity index (χ1n) is 9.37. The molecular formula is C17H27N5O8. The molecule has 1 fully saturated rings. The van der Waals surface area contributed by atoms with Gasteiger partial charge in [0.1, 0.15) is 6.04 Å². The van der Waals surface area contributed by atoms with Gasteiger partial charge in [-0.3, -0.25) is 34.0 Å². The predicted octanol–water partition coefficient (Wildman–Crippen LogP) is -2.76. The number of carboxylic acid groups (broad SMARTS) is 1. The average Bonchev–Trinajstić information content (AvgIpc) is 3.18. The molecule has 4 amide bonds. The van der Waals surface area contributed by atoms with Crippen LogP contribution in [0, 0.1) is 5.92 Å². The molecule has 0 aromatic heterocycles. The molecule has 168 valence electrons. The maximum absolute atomic E-state index is 13.0. The first kappa shape index (κ1) is 25.0. The number of hydroxylamine groups is 1. The number of nitrogens with zero attached hydrogens (tertiary/aromatic N) is 1. The second-order valence-corrected chi connectivity index (χ2v) is 6.96. The number of hydrogen-bond donors (Lipinski definition) is 6. The van der Waals surface area contributed by atoms with E-state index in [1.165, 1.54) is 10.4 Å². The van der Waals surface area contributed by atoms with E-state index in [1.54, 1.807) is 0 Å². The van der Waals surface area contributed by atoms with E-state index in [0.29, 0.717) is 12.8 Å². The Hall–Kier alpha value is -3.06. The van der Waals surface area contributed by atoms with Crippen LogP contribution in [0.25, 0.3) is 0 Å². The number of carbonyl (C=O) groups is 6. The van der Waals surface area contributed by atoms with Crippen molar-refractivity contribution in [2.45, 2.75) is 50.6 Å². The molecule has 13 heteroatoms. The highest BCUT2D eigenvalue weighted by molar-refractivity contribution is 5.95. The summed E-state index contributed by atoms with van der Waals surface area (Å²) in [6.45, 7) is -0.00658. The lowest BCUT2D eigenvalue weighted by Gasteiger charge is -2.29. The van der Waals surface area contributed by atoms with Crippen LogP contribution in [-0.2, 0) is 28.8 Å². The third kappa shape index (κ3) is 7.40. The molecule has 0 bridgehead atoms. The minimum Gasteiger partial charge on any atom is -0.481 e.